The third kappa shape index (κ3) is 3.46. The van der Waals surface area contributed by atoms with Crippen LogP contribution < -0.4 is 0 Å². The first-order valence-corrected chi connectivity index (χ1v) is 8.57. The summed E-state index contributed by atoms with van der Waals surface area (Å²) in [5.74, 6) is 0. The third-order valence-electron chi connectivity index (χ3n) is 2.32. The van der Waals surface area contributed by atoms with Crippen molar-refractivity contribution in [3.63, 3.8) is 0 Å². The maximum atomic E-state index is 11.7. The summed E-state index contributed by atoms with van der Waals surface area (Å²) in [5, 5.41) is 0.473. The molecule has 0 fully saturated rings. The minimum Gasteiger partial charge on any atom is -0.305 e. The zero-order valence-electron chi connectivity index (χ0n) is 9.21. The fraction of sp³-hybridized carbons (Fsp3) is 0.417. The molecule has 1 aromatic carbocycles. The topological polar surface area (TPSA) is 17.1 Å². The monoisotopic (exact) mass is 206 g/mol. The predicted octanol–water partition coefficient (Wildman–Crippen LogP) is 3.07. The van der Waals surface area contributed by atoms with E-state index in [1.165, 1.54) is 5.56 Å². The van der Waals surface area contributed by atoms with E-state index >= 15 is 0 Å². The molecule has 0 saturated heterocycles. The van der Waals surface area contributed by atoms with Gasteiger partial charge in [0.2, 0.25) is 0 Å². The predicted molar refractivity (Wildman–Crippen MR) is 63.1 cm³/mol. The van der Waals surface area contributed by atoms with Crippen molar-refractivity contribution in [3.05, 3.63) is 35.9 Å². The van der Waals surface area contributed by atoms with Gasteiger partial charge in [-0.2, -0.15) is 0 Å². The van der Waals surface area contributed by atoms with Crippen LogP contribution in [0.1, 0.15) is 12.0 Å². The van der Waals surface area contributed by atoms with Crippen LogP contribution in [0, 0.1) is 0 Å². The molecule has 76 valence electrons. The van der Waals surface area contributed by atoms with Crippen LogP contribution in [0.25, 0.3) is 0 Å². The van der Waals surface area contributed by atoms with Crippen LogP contribution in [0.15, 0.2) is 30.3 Å². The number of carbonyl (C=O) groups excluding carboxylic acids is 1. The average molecular weight is 206 g/mol. The molecule has 0 saturated carbocycles. The highest BCUT2D eigenvalue weighted by atomic mass is 28.3. The molecule has 0 heterocycles. The van der Waals surface area contributed by atoms with E-state index in [0.717, 1.165) is 6.42 Å². The Kier molecular flexibility index (Phi) is 3.64. The molecule has 0 N–H and O–H groups in total. The van der Waals surface area contributed by atoms with Gasteiger partial charge in [0.15, 0.2) is 0 Å². The van der Waals surface area contributed by atoms with E-state index < -0.39 is 8.07 Å². The third-order valence-corrected chi connectivity index (χ3v) is 4.24. The van der Waals surface area contributed by atoms with Crippen molar-refractivity contribution in [2.75, 3.05) is 0 Å². The van der Waals surface area contributed by atoms with Crippen molar-refractivity contribution in [3.8, 4) is 0 Å². The SMILES string of the molecule is C[Si](C)(C)C(=O)CCc1ccccc1. The summed E-state index contributed by atoms with van der Waals surface area (Å²) >= 11 is 0. The van der Waals surface area contributed by atoms with Crippen molar-refractivity contribution in [2.24, 2.45) is 0 Å². The number of aryl methyl sites for hydroxylation is 1. The Morgan fingerprint density at radius 2 is 1.71 bits per heavy atom. The van der Waals surface area contributed by atoms with Gasteiger partial charge in [-0.15, -0.1) is 0 Å². The minimum absolute atomic E-state index is 0.473. The zero-order chi connectivity index (χ0) is 10.6. The van der Waals surface area contributed by atoms with Gasteiger partial charge in [-0.3, -0.25) is 0 Å². The molecule has 0 radical (unpaired) electrons. The van der Waals surface area contributed by atoms with Crippen LogP contribution in [0.4, 0.5) is 0 Å². The molecule has 0 amide bonds. The molecule has 0 aliphatic rings. The van der Waals surface area contributed by atoms with Gasteiger partial charge >= 0.3 is 0 Å². The van der Waals surface area contributed by atoms with Crippen LogP contribution in [-0.4, -0.2) is 13.5 Å². The highest BCUT2D eigenvalue weighted by molar-refractivity contribution is 7.03. The lowest BCUT2D eigenvalue weighted by Crippen LogP contribution is -2.33. The fourth-order valence-electron chi connectivity index (χ4n) is 1.28. The molecule has 0 bridgehead atoms. The summed E-state index contributed by atoms with van der Waals surface area (Å²) in [6.07, 6.45) is 1.60. The van der Waals surface area contributed by atoms with Gasteiger partial charge in [0, 0.05) is 6.42 Å². The summed E-state index contributed by atoms with van der Waals surface area (Å²) in [4.78, 5) is 11.7. The molecule has 2 heteroatoms. The lowest BCUT2D eigenvalue weighted by atomic mass is 10.1. The summed E-state index contributed by atoms with van der Waals surface area (Å²) in [5.41, 5.74) is 1.26. The van der Waals surface area contributed by atoms with Gasteiger partial charge in [0.1, 0.15) is 13.5 Å². The van der Waals surface area contributed by atoms with E-state index in [-0.39, 0.29) is 0 Å². The molecule has 1 aromatic rings. The second kappa shape index (κ2) is 4.56. The summed E-state index contributed by atoms with van der Waals surface area (Å²) in [7, 11) is -1.55. The first-order chi connectivity index (χ1) is 6.50. The number of benzene rings is 1. The average Bonchev–Trinajstić information content (AvgIpc) is 2.14. The van der Waals surface area contributed by atoms with Gasteiger partial charge in [-0.25, -0.2) is 0 Å². The molecular weight excluding hydrogens is 188 g/mol. The molecular formula is C12H18OSi. The number of carbonyl (C=O) groups is 1. The smallest absolute Gasteiger partial charge is 0.123 e. The first-order valence-electron chi connectivity index (χ1n) is 5.07. The summed E-state index contributed by atoms with van der Waals surface area (Å²) in [6, 6.07) is 10.2. The quantitative estimate of drug-likeness (QED) is 0.692. The van der Waals surface area contributed by atoms with Crippen LogP contribution in [-0.2, 0) is 11.2 Å². The highest BCUT2D eigenvalue weighted by Crippen LogP contribution is 2.09. The van der Waals surface area contributed by atoms with Gasteiger partial charge < -0.3 is 4.79 Å². The molecule has 14 heavy (non-hydrogen) atoms. The van der Waals surface area contributed by atoms with Gasteiger partial charge in [-0.05, 0) is 12.0 Å². The van der Waals surface area contributed by atoms with Crippen LogP contribution >= 0.6 is 0 Å². The van der Waals surface area contributed by atoms with Crippen LogP contribution in [0.5, 0.6) is 0 Å². The normalized spacial score (nSPS) is 11.4. The number of hydrogen-bond donors (Lipinski definition) is 0. The van der Waals surface area contributed by atoms with Crippen molar-refractivity contribution in [2.45, 2.75) is 32.5 Å². The first kappa shape index (κ1) is 11.2. The number of rotatable bonds is 4. The second-order valence-corrected chi connectivity index (χ2v) is 9.72. The Hall–Kier alpha value is -0.893. The largest absolute Gasteiger partial charge is 0.305 e. The van der Waals surface area contributed by atoms with E-state index in [4.69, 9.17) is 0 Å². The minimum atomic E-state index is -1.55. The van der Waals surface area contributed by atoms with Crippen molar-refractivity contribution >= 4 is 13.5 Å². The maximum absolute atomic E-state index is 11.7. The molecule has 0 aliphatic heterocycles. The summed E-state index contributed by atoms with van der Waals surface area (Å²) in [6.45, 7) is 6.33. The van der Waals surface area contributed by atoms with E-state index in [9.17, 15) is 4.79 Å². The Labute approximate surface area is 87.2 Å². The van der Waals surface area contributed by atoms with E-state index in [2.05, 4.69) is 31.8 Å². The lowest BCUT2D eigenvalue weighted by molar-refractivity contribution is -0.112. The van der Waals surface area contributed by atoms with E-state index in [0.29, 0.717) is 11.8 Å². The van der Waals surface area contributed by atoms with Crippen molar-refractivity contribution in [1.82, 2.24) is 0 Å². The Bertz CT molecular complexity index is 298. The maximum Gasteiger partial charge on any atom is 0.123 e. The molecule has 0 aromatic heterocycles. The van der Waals surface area contributed by atoms with Gasteiger partial charge in [-0.1, -0.05) is 50.0 Å². The van der Waals surface area contributed by atoms with Crippen molar-refractivity contribution in [1.29, 1.82) is 0 Å². The van der Waals surface area contributed by atoms with E-state index in [1.807, 2.05) is 18.2 Å². The standard InChI is InChI=1S/C12H18OSi/c1-14(2,3)12(13)10-9-11-7-5-4-6-8-11/h4-8H,9-10H2,1-3H3. The Morgan fingerprint density at radius 3 is 2.21 bits per heavy atom. The van der Waals surface area contributed by atoms with E-state index in [1.54, 1.807) is 0 Å². The fourth-order valence-corrected chi connectivity index (χ4v) is 2.15. The van der Waals surface area contributed by atoms with Gasteiger partial charge in [0.05, 0.1) is 0 Å². The molecule has 1 nitrogen and oxygen atoms in total. The number of hydrogen-bond acceptors (Lipinski definition) is 1. The zero-order valence-corrected chi connectivity index (χ0v) is 10.2. The van der Waals surface area contributed by atoms with Crippen LogP contribution in [0.2, 0.25) is 19.6 Å². The molecule has 1 rings (SSSR count). The Morgan fingerprint density at radius 1 is 1.14 bits per heavy atom. The highest BCUT2D eigenvalue weighted by Gasteiger charge is 2.22. The molecule has 0 spiro atoms. The van der Waals surface area contributed by atoms with Crippen LogP contribution in [0.3, 0.4) is 0 Å². The van der Waals surface area contributed by atoms with Crippen molar-refractivity contribution < 1.29 is 4.79 Å². The molecule has 0 atom stereocenters. The molecule has 0 unspecified atom stereocenters. The molecule has 0 aliphatic carbocycles. The second-order valence-electron chi connectivity index (χ2n) is 4.66. The Balaban J connectivity index is 2.46. The lowest BCUT2D eigenvalue weighted by Gasteiger charge is -2.13. The van der Waals surface area contributed by atoms with Gasteiger partial charge in [0.25, 0.3) is 0 Å². The summed E-state index contributed by atoms with van der Waals surface area (Å²) < 4.78 is 0.